The lowest BCUT2D eigenvalue weighted by Crippen LogP contribution is -2.43. The van der Waals surface area contributed by atoms with Crippen LogP contribution in [0.25, 0.3) is 0 Å². The van der Waals surface area contributed by atoms with E-state index in [9.17, 15) is 9.59 Å². The Kier molecular flexibility index (Phi) is 2.54. The number of hydrazine groups is 1. The molecular formula is C5H9N3O5. The van der Waals surface area contributed by atoms with E-state index in [1.165, 1.54) is 0 Å². The zero-order valence-electron chi connectivity index (χ0n) is 6.58. The Morgan fingerprint density at radius 3 is 1.85 bits per heavy atom. The first kappa shape index (κ1) is 9.55. The molecule has 1 saturated heterocycles. The first-order valence-electron chi connectivity index (χ1n) is 3.42. The highest BCUT2D eigenvalue weighted by Gasteiger charge is 2.37. The van der Waals surface area contributed by atoms with Gasteiger partial charge in [-0.15, -0.1) is 0 Å². The fourth-order valence-corrected chi connectivity index (χ4v) is 1.09. The number of hydrogen-bond acceptors (Lipinski definition) is 4. The molecular weight excluding hydrogens is 182 g/mol. The van der Waals surface area contributed by atoms with E-state index in [1.807, 2.05) is 0 Å². The monoisotopic (exact) mass is 191 g/mol. The van der Waals surface area contributed by atoms with Gasteiger partial charge in [0.1, 0.15) is 6.10 Å². The van der Waals surface area contributed by atoms with Gasteiger partial charge < -0.3 is 10.2 Å². The summed E-state index contributed by atoms with van der Waals surface area (Å²) in [7, 11) is 0. The van der Waals surface area contributed by atoms with Crippen LogP contribution in [0.4, 0.5) is 9.59 Å². The minimum atomic E-state index is -1.35. The smallest absolute Gasteiger partial charge is 0.426 e. The molecule has 0 aromatic heterocycles. The van der Waals surface area contributed by atoms with Crippen molar-refractivity contribution < 1.29 is 24.6 Å². The van der Waals surface area contributed by atoms with E-state index >= 15 is 0 Å². The summed E-state index contributed by atoms with van der Waals surface area (Å²) in [5.41, 5.74) is 0. The van der Waals surface area contributed by atoms with Crippen LogP contribution in [0.1, 0.15) is 0 Å². The van der Waals surface area contributed by atoms with Crippen LogP contribution in [0, 0.1) is 0 Å². The molecule has 0 radical (unpaired) electrons. The summed E-state index contributed by atoms with van der Waals surface area (Å²) in [6.07, 6.45) is -3.30. The van der Waals surface area contributed by atoms with Gasteiger partial charge in [-0.3, -0.25) is 4.84 Å². The molecule has 1 aliphatic rings. The number of nitrogens with two attached hydrogens (primary N) is 1. The van der Waals surface area contributed by atoms with E-state index in [4.69, 9.17) is 16.1 Å². The van der Waals surface area contributed by atoms with Crippen molar-refractivity contribution in [1.29, 1.82) is 0 Å². The molecule has 1 heterocycles. The highest BCUT2D eigenvalue weighted by molar-refractivity contribution is 5.72. The van der Waals surface area contributed by atoms with Crippen LogP contribution < -0.4 is 5.90 Å². The van der Waals surface area contributed by atoms with Crippen molar-refractivity contribution in [1.82, 2.24) is 10.0 Å². The van der Waals surface area contributed by atoms with Crippen molar-refractivity contribution in [2.24, 2.45) is 5.90 Å². The molecule has 13 heavy (non-hydrogen) atoms. The number of carboxylic acid groups (broad SMARTS) is 2. The standard InChI is InChI=1S/C5H9N3O5/c6-13-3-1-7(4(9)10)8(2-3)5(11)12/h3H,1-2,6H2,(H,9,10)(H,11,12). The molecule has 1 rings (SSSR count). The third-order valence-electron chi connectivity index (χ3n) is 1.68. The van der Waals surface area contributed by atoms with Crippen molar-refractivity contribution in [3.05, 3.63) is 0 Å². The number of amides is 2. The van der Waals surface area contributed by atoms with Gasteiger partial charge >= 0.3 is 12.2 Å². The topological polar surface area (TPSA) is 116 Å². The van der Waals surface area contributed by atoms with Crippen LogP contribution in [-0.4, -0.2) is 51.6 Å². The van der Waals surface area contributed by atoms with Gasteiger partial charge in [0.15, 0.2) is 0 Å². The minimum Gasteiger partial charge on any atom is -0.464 e. The van der Waals surface area contributed by atoms with Crippen LogP contribution in [-0.2, 0) is 4.84 Å². The van der Waals surface area contributed by atoms with Crippen molar-refractivity contribution in [3.63, 3.8) is 0 Å². The van der Waals surface area contributed by atoms with Crippen LogP contribution in [0.15, 0.2) is 0 Å². The lowest BCUT2D eigenvalue weighted by molar-refractivity contribution is 0.0355. The van der Waals surface area contributed by atoms with Gasteiger partial charge in [-0.2, -0.15) is 0 Å². The van der Waals surface area contributed by atoms with Crippen LogP contribution in [0.5, 0.6) is 0 Å². The predicted molar refractivity (Wildman–Crippen MR) is 38.5 cm³/mol. The van der Waals surface area contributed by atoms with E-state index < -0.39 is 18.3 Å². The average molecular weight is 191 g/mol. The molecule has 8 nitrogen and oxygen atoms in total. The second kappa shape index (κ2) is 3.46. The molecule has 0 aliphatic carbocycles. The maximum Gasteiger partial charge on any atom is 0.426 e. The number of rotatable bonds is 1. The summed E-state index contributed by atoms with van der Waals surface area (Å²) in [5.74, 6) is 4.82. The molecule has 0 unspecified atom stereocenters. The Balaban J connectivity index is 2.71. The molecule has 0 bridgehead atoms. The summed E-state index contributed by atoms with van der Waals surface area (Å²) in [4.78, 5) is 25.4. The third kappa shape index (κ3) is 1.79. The zero-order chi connectivity index (χ0) is 10.0. The minimum absolute atomic E-state index is 0.0713. The molecule has 4 N–H and O–H groups in total. The van der Waals surface area contributed by atoms with Crippen molar-refractivity contribution in [2.75, 3.05) is 13.1 Å². The van der Waals surface area contributed by atoms with E-state index in [0.717, 1.165) is 0 Å². The number of nitrogens with zero attached hydrogens (tertiary/aromatic N) is 2. The summed E-state index contributed by atoms with van der Waals surface area (Å²) in [6, 6.07) is 0. The lowest BCUT2D eigenvalue weighted by atomic mass is 10.4. The van der Waals surface area contributed by atoms with Gasteiger partial charge in [0.2, 0.25) is 0 Å². The second-order valence-electron chi connectivity index (χ2n) is 2.49. The fourth-order valence-electron chi connectivity index (χ4n) is 1.09. The highest BCUT2D eigenvalue weighted by Crippen LogP contribution is 2.12. The third-order valence-corrected chi connectivity index (χ3v) is 1.68. The van der Waals surface area contributed by atoms with Gasteiger partial charge in [-0.25, -0.2) is 25.5 Å². The largest absolute Gasteiger partial charge is 0.464 e. The molecule has 1 aliphatic heterocycles. The molecule has 0 aromatic rings. The SMILES string of the molecule is NOC1CN(C(=O)O)N(C(=O)O)C1. The van der Waals surface area contributed by atoms with Crippen LogP contribution >= 0.6 is 0 Å². The predicted octanol–water partition coefficient (Wildman–Crippen LogP) is -0.866. The Bertz CT molecular complexity index is 210. The van der Waals surface area contributed by atoms with Gasteiger partial charge in [-0.05, 0) is 0 Å². The van der Waals surface area contributed by atoms with Crippen molar-refractivity contribution in [2.45, 2.75) is 6.10 Å². The molecule has 0 atom stereocenters. The first-order valence-corrected chi connectivity index (χ1v) is 3.42. The summed E-state index contributed by atoms with van der Waals surface area (Å²) >= 11 is 0. The maximum atomic E-state index is 10.5. The van der Waals surface area contributed by atoms with E-state index in [2.05, 4.69) is 4.84 Å². The Labute approximate surface area is 73.0 Å². The highest BCUT2D eigenvalue weighted by atomic mass is 16.6. The second-order valence-corrected chi connectivity index (χ2v) is 2.49. The molecule has 0 aromatic carbocycles. The lowest BCUT2D eigenvalue weighted by Gasteiger charge is -2.20. The molecule has 74 valence electrons. The number of carbonyl (C=O) groups is 2. The Morgan fingerprint density at radius 1 is 1.23 bits per heavy atom. The molecule has 2 amide bonds. The quantitative estimate of drug-likeness (QED) is 0.464. The van der Waals surface area contributed by atoms with E-state index in [0.29, 0.717) is 10.0 Å². The van der Waals surface area contributed by atoms with Crippen molar-refractivity contribution >= 4 is 12.2 Å². The Morgan fingerprint density at radius 2 is 1.62 bits per heavy atom. The van der Waals surface area contributed by atoms with Gasteiger partial charge in [0.05, 0.1) is 13.1 Å². The maximum absolute atomic E-state index is 10.5. The van der Waals surface area contributed by atoms with Crippen LogP contribution in [0.3, 0.4) is 0 Å². The summed E-state index contributed by atoms with van der Waals surface area (Å²) < 4.78 is 0. The first-order chi connectivity index (χ1) is 6.06. The van der Waals surface area contributed by atoms with Gasteiger partial charge in [0, 0.05) is 0 Å². The fraction of sp³-hybridized carbons (Fsp3) is 0.600. The van der Waals surface area contributed by atoms with Gasteiger partial charge in [0.25, 0.3) is 0 Å². The normalized spacial score (nSPS) is 17.9. The number of hydrogen-bond donors (Lipinski definition) is 3. The van der Waals surface area contributed by atoms with E-state index in [1.54, 1.807) is 0 Å². The Hall–Kier alpha value is -1.54. The molecule has 0 spiro atoms. The summed E-state index contributed by atoms with van der Waals surface area (Å²) in [6.45, 7) is -0.143. The molecule has 1 fully saturated rings. The molecule has 8 heteroatoms. The van der Waals surface area contributed by atoms with E-state index in [-0.39, 0.29) is 13.1 Å². The summed E-state index contributed by atoms with van der Waals surface area (Å²) in [5, 5.41) is 18.4. The molecule has 0 saturated carbocycles. The zero-order valence-corrected chi connectivity index (χ0v) is 6.58. The van der Waals surface area contributed by atoms with Crippen molar-refractivity contribution in [3.8, 4) is 0 Å². The van der Waals surface area contributed by atoms with Crippen LogP contribution in [0.2, 0.25) is 0 Å². The average Bonchev–Trinajstić information content (AvgIpc) is 2.47. The van der Waals surface area contributed by atoms with Gasteiger partial charge in [-0.1, -0.05) is 0 Å².